The predicted octanol–water partition coefficient (Wildman–Crippen LogP) is -1.48. The molecule has 0 amide bonds. The molecule has 0 unspecified atom stereocenters. The molecule has 0 saturated carbocycles. The summed E-state index contributed by atoms with van der Waals surface area (Å²) in [6, 6.07) is 0. The second-order valence-electron chi connectivity index (χ2n) is 0.513. The van der Waals surface area contributed by atoms with Crippen molar-refractivity contribution in [3.8, 4) is 0 Å². The fourth-order valence-electron chi connectivity index (χ4n) is 0. The van der Waals surface area contributed by atoms with Gasteiger partial charge in [-0.15, -0.1) is 0 Å². The molecule has 0 heterocycles. The van der Waals surface area contributed by atoms with Gasteiger partial charge < -0.3 is 0 Å². The van der Waals surface area contributed by atoms with Crippen LogP contribution in [-0.4, -0.2) is 26.8 Å². The number of hydrogen-bond donors (Lipinski definition) is 3. The fourth-order valence-corrected chi connectivity index (χ4v) is 0. The van der Waals surface area contributed by atoms with E-state index < -0.39 is 14.5 Å². The maximum atomic E-state index is 8.94. The molecule has 0 radical (unpaired) electrons. The average molecular weight is 241 g/mol. The Morgan fingerprint density at radius 3 is 1.29 bits per heavy atom. The standard InChI is InChI=1S/AsH3O4.ClH.Cu/c2-1(3,4)5;;/h(H3,2,3,4,5);1H;/q;;+1/p-1. The van der Waals surface area contributed by atoms with E-state index in [-0.39, 0.29) is 0 Å². The fraction of sp³-hybridized carbons (Fsp3) is 0. The molecule has 0 aromatic carbocycles. The Kier molecular flexibility index (Phi) is 8.10. The molecule has 7 heteroatoms. The third kappa shape index (κ3) is 164. The molecule has 0 aromatic rings. The molecule has 4 nitrogen and oxygen atoms in total. The van der Waals surface area contributed by atoms with Crippen LogP contribution < -0.4 is 0 Å². The van der Waals surface area contributed by atoms with Crippen molar-refractivity contribution in [2.45, 2.75) is 0 Å². The Labute approximate surface area is 55.9 Å². The molecule has 0 bridgehead atoms. The molecular formula is H3AsClCuO4. The van der Waals surface area contributed by atoms with Crippen molar-refractivity contribution in [3.63, 3.8) is 0 Å². The molecule has 3 N–H and O–H groups in total. The van der Waals surface area contributed by atoms with Gasteiger partial charge in [0, 0.05) is 0 Å². The van der Waals surface area contributed by atoms with Gasteiger partial charge in [-0.2, -0.15) is 0 Å². The summed E-state index contributed by atoms with van der Waals surface area (Å²) in [6.07, 6.45) is 0. The zero-order valence-corrected chi connectivity index (χ0v) is 6.45. The first kappa shape index (κ1) is 10.9. The van der Waals surface area contributed by atoms with Crippen LogP contribution in [0.25, 0.3) is 0 Å². The second kappa shape index (κ2) is 5.19. The van der Waals surface area contributed by atoms with Gasteiger partial charge >= 0.3 is 55.7 Å². The van der Waals surface area contributed by atoms with E-state index in [0.29, 0.717) is 0 Å². The summed E-state index contributed by atoms with van der Waals surface area (Å²) >= 11 is -1.47. The summed E-state index contributed by atoms with van der Waals surface area (Å²) in [4.78, 5) is 0. The first-order valence-electron chi connectivity index (χ1n) is 0.897. The Bertz CT molecular complexity index is 57.8. The van der Waals surface area contributed by atoms with Crippen molar-refractivity contribution < 1.29 is 31.1 Å². The van der Waals surface area contributed by atoms with E-state index in [9.17, 15) is 0 Å². The van der Waals surface area contributed by atoms with Crippen LogP contribution in [0.4, 0.5) is 0 Å². The van der Waals surface area contributed by atoms with E-state index in [4.69, 9.17) is 16.0 Å². The van der Waals surface area contributed by atoms with E-state index in [2.05, 4.69) is 25.2 Å². The molecule has 0 fully saturated rings. The van der Waals surface area contributed by atoms with Gasteiger partial charge in [-0.05, 0) is 0 Å². The van der Waals surface area contributed by atoms with E-state index in [1.807, 2.05) is 0 Å². The van der Waals surface area contributed by atoms with Gasteiger partial charge in [-0.1, -0.05) is 0 Å². The number of hydrogen-bond acceptors (Lipinski definition) is 1. The first-order chi connectivity index (χ1) is 3.00. The molecule has 0 aliphatic heterocycles. The molecule has 0 atom stereocenters. The van der Waals surface area contributed by atoms with E-state index in [1.54, 1.807) is 0 Å². The van der Waals surface area contributed by atoms with Crippen LogP contribution in [0.15, 0.2) is 0 Å². The summed E-state index contributed by atoms with van der Waals surface area (Å²) in [6.45, 7) is 0. The normalized spacial score (nSPS) is 9.43. The second-order valence-corrected chi connectivity index (χ2v) is 2.67. The van der Waals surface area contributed by atoms with Gasteiger partial charge in [0.2, 0.25) is 0 Å². The van der Waals surface area contributed by atoms with Gasteiger partial charge in [0.05, 0.1) is 0 Å². The van der Waals surface area contributed by atoms with Gasteiger partial charge in [0.15, 0.2) is 0 Å². The van der Waals surface area contributed by atoms with Crippen LogP contribution in [0.5, 0.6) is 0 Å². The topological polar surface area (TPSA) is 77.8 Å². The maximum absolute atomic E-state index is 8.94. The third-order valence-corrected chi connectivity index (χ3v) is 0. The zero-order valence-electron chi connectivity index (χ0n) is 2.88. The molecule has 0 aliphatic rings. The Hall–Kier alpha value is 1.05. The zero-order chi connectivity index (χ0) is 6.50. The van der Waals surface area contributed by atoms with Crippen LogP contribution in [0.1, 0.15) is 0 Å². The molecule has 0 spiro atoms. The SMILES string of the molecule is O=[As](O)(O)O.[Cl][Cu]. The van der Waals surface area contributed by atoms with Gasteiger partial charge in [0.1, 0.15) is 0 Å². The van der Waals surface area contributed by atoms with E-state index in [1.165, 1.54) is 0 Å². The number of halogens is 1. The van der Waals surface area contributed by atoms with E-state index in [0.717, 1.165) is 0 Å². The van der Waals surface area contributed by atoms with Crippen molar-refractivity contribution in [2.75, 3.05) is 0 Å². The summed E-state index contributed by atoms with van der Waals surface area (Å²) in [5.74, 6) is 0. The van der Waals surface area contributed by atoms with Crippen LogP contribution >= 0.6 is 10.1 Å². The van der Waals surface area contributed by atoms with Crippen molar-refractivity contribution in [2.24, 2.45) is 0 Å². The molecule has 0 aliphatic carbocycles. The molecule has 50 valence electrons. The van der Waals surface area contributed by atoms with Crippen molar-refractivity contribution >= 4 is 24.6 Å². The Morgan fingerprint density at radius 1 is 1.29 bits per heavy atom. The average Bonchev–Trinajstić information content (AvgIpc) is 1.36. The molecular weight excluding hydrogens is 238 g/mol. The van der Waals surface area contributed by atoms with Gasteiger partial charge in [0.25, 0.3) is 0 Å². The van der Waals surface area contributed by atoms with Crippen molar-refractivity contribution in [1.29, 1.82) is 0 Å². The quantitative estimate of drug-likeness (QED) is 0.452. The van der Waals surface area contributed by atoms with Crippen molar-refractivity contribution in [1.82, 2.24) is 0 Å². The Morgan fingerprint density at radius 2 is 1.29 bits per heavy atom. The summed E-state index contributed by atoms with van der Waals surface area (Å²) in [7, 11) is 4.20. The third-order valence-electron chi connectivity index (χ3n) is 0. The molecule has 7 heavy (non-hydrogen) atoms. The monoisotopic (exact) mass is 240 g/mol. The Balaban J connectivity index is 0. The minimum atomic E-state index is -5.12. The van der Waals surface area contributed by atoms with Gasteiger partial charge in [-0.3, -0.25) is 0 Å². The van der Waals surface area contributed by atoms with E-state index >= 15 is 0 Å². The van der Waals surface area contributed by atoms with Crippen LogP contribution in [0.2, 0.25) is 0 Å². The van der Waals surface area contributed by atoms with Crippen LogP contribution in [0.3, 0.4) is 0 Å². The molecule has 0 rings (SSSR count). The van der Waals surface area contributed by atoms with Crippen LogP contribution in [-0.2, 0) is 18.8 Å². The van der Waals surface area contributed by atoms with Crippen LogP contribution in [0, 0.1) is 0 Å². The number of rotatable bonds is 0. The summed E-state index contributed by atoms with van der Waals surface area (Å²) < 4.78 is 30.7. The molecule has 0 saturated heterocycles. The minimum absolute atomic E-state index is 3.66. The van der Waals surface area contributed by atoms with Crippen molar-refractivity contribution in [3.05, 3.63) is 0 Å². The summed E-state index contributed by atoms with van der Waals surface area (Å²) in [5.41, 5.74) is 0. The predicted molar refractivity (Wildman–Crippen MR) is 18.9 cm³/mol. The van der Waals surface area contributed by atoms with Gasteiger partial charge in [-0.25, -0.2) is 0 Å². The summed E-state index contributed by atoms with van der Waals surface area (Å²) in [5, 5.41) is 0. The first-order valence-corrected chi connectivity index (χ1v) is 5.48. The molecule has 0 aromatic heterocycles.